The minimum atomic E-state index is -3.51. The third-order valence-corrected chi connectivity index (χ3v) is 5.97. The van der Waals surface area contributed by atoms with Crippen LogP contribution in [0, 0.1) is 0 Å². The topological polar surface area (TPSA) is 58.6 Å². The SMILES string of the molecule is CNCc1ccc(OC)c(S(=O)(=O)N2CCCCC2C)c1. The van der Waals surface area contributed by atoms with Crippen molar-refractivity contribution in [2.75, 3.05) is 20.7 Å². The number of sulfonamides is 1. The summed E-state index contributed by atoms with van der Waals surface area (Å²) in [5.41, 5.74) is 0.932. The van der Waals surface area contributed by atoms with Crippen LogP contribution in [0.15, 0.2) is 23.1 Å². The van der Waals surface area contributed by atoms with Gasteiger partial charge in [-0.05, 0) is 44.5 Å². The zero-order valence-electron chi connectivity index (χ0n) is 12.9. The van der Waals surface area contributed by atoms with Gasteiger partial charge in [-0.15, -0.1) is 0 Å². The van der Waals surface area contributed by atoms with Gasteiger partial charge in [-0.25, -0.2) is 8.42 Å². The molecule has 6 heteroatoms. The highest BCUT2D eigenvalue weighted by Crippen LogP contribution is 2.31. The molecule has 1 saturated heterocycles. The molecule has 1 N–H and O–H groups in total. The normalized spacial score (nSPS) is 20.4. The number of piperidine rings is 1. The molecule has 1 aromatic carbocycles. The Morgan fingerprint density at radius 3 is 2.76 bits per heavy atom. The molecule has 118 valence electrons. The summed E-state index contributed by atoms with van der Waals surface area (Å²) in [5, 5.41) is 3.04. The molecule has 0 bridgehead atoms. The molecule has 1 atom stereocenters. The largest absolute Gasteiger partial charge is 0.495 e. The van der Waals surface area contributed by atoms with Crippen molar-refractivity contribution in [1.82, 2.24) is 9.62 Å². The van der Waals surface area contributed by atoms with Crippen LogP contribution < -0.4 is 10.1 Å². The number of benzene rings is 1. The van der Waals surface area contributed by atoms with E-state index in [1.165, 1.54) is 7.11 Å². The van der Waals surface area contributed by atoms with Crippen molar-refractivity contribution in [2.45, 2.75) is 43.7 Å². The van der Waals surface area contributed by atoms with E-state index in [9.17, 15) is 8.42 Å². The maximum Gasteiger partial charge on any atom is 0.247 e. The number of hydrogen-bond donors (Lipinski definition) is 1. The molecular formula is C15H24N2O3S. The Morgan fingerprint density at radius 1 is 1.38 bits per heavy atom. The lowest BCUT2D eigenvalue weighted by Gasteiger charge is -2.32. The summed E-state index contributed by atoms with van der Waals surface area (Å²) in [7, 11) is -0.170. The van der Waals surface area contributed by atoms with E-state index >= 15 is 0 Å². The monoisotopic (exact) mass is 312 g/mol. The van der Waals surface area contributed by atoms with Gasteiger partial charge < -0.3 is 10.1 Å². The number of rotatable bonds is 5. The highest BCUT2D eigenvalue weighted by Gasteiger charge is 2.33. The Hall–Kier alpha value is -1.11. The summed E-state index contributed by atoms with van der Waals surface area (Å²) >= 11 is 0. The van der Waals surface area contributed by atoms with E-state index in [0.717, 1.165) is 24.8 Å². The van der Waals surface area contributed by atoms with Crippen LogP contribution in [-0.2, 0) is 16.6 Å². The summed E-state index contributed by atoms with van der Waals surface area (Å²) in [4.78, 5) is 0.270. The first-order valence-corrected chi connectivity index (χ1v) is 8.78. The van der Waals surface area contributed by atoms with Gasteiger partial charge in [0.05, 0.1) is 7.11 Å². The molecular weight excluding hydrogens is 288 g/mol. The maximum atomic E-state index is 13.0. The van der Waals surface area contributed by atoms with Crippen molar-refractivity contribution in [3.05, 3.63) is 23.8 Å². The number of ether oxygens (including phenoxy) is 1. The number of nitrogens with zero attached hydrogens (tertiary/aromatic N) is 1. The van der Waals surface area contributed by atoms with E-state index in [2.05, 4.69) is 5.32 Å². The van der Waals surface area contributed by atoms with Gasteiger partial charge in [0.25, 0.3) is 0 Å². The molecule has 0 aromatic heterocycles. The van der Waals surface area contributed by atoms with Crippen LogP contribution in [0.2, 0.25) is 0 Å². The molecule has 5 nitrogen and oxygen atoms in total. The first-order valence-electron chi connectivity index (χ1n) is 7.34. The lowest BCUT2D eigenvalue weighted by molar-refractivity contribution is 0.267. The Labute approximate surface area is 127 Å². The number of methoxy groups -OCH3 is 1. The van der Waals surface area contributed by atoms with E-state index in [0.29, 0.717) is 18.8 Å². The van der Waals surface area contributed by atoms with E-state index in [4.69, 9.17) is 4.74 Å². The lowest BCUT2D eigenvalue weighted by Crippen LogP contribution is -2.42. The first kappa shape index (κ1) is 16.3. The van der Waals surface area contributed by atoms with Crippen LogP contribution in [0.1, 0.15) is 31.7 Å². The molecule has 1 aliphatic rings. The molecule has 1 heterocycles. The average molecular weight is 312 g/mol. The van der Waals surface area contributed by atoms with E-state index < -0.39 is 10.0 Å². The predicted octanol–water partition coefficient (Wildman–Crippen LogP) is 1.98. The zero-order valence-corrected chi connectivity index (χ0v) is 13.7. The van der Waals surface area contributed by atoms with Gasteiger partial charge in [0, 0.05) is 19.1 Å². The molecule has 0 spiro atoms. The highest BCUT2D eigenvalue weighted by atomic mass is 32.2. The van der Waals surface area contributed by atoms with Crippen molar-refractivity contribution in [2.24, 2.45) is 0 Å². The van der Waals surface area contributed by atoms with Gasteiger partial charge in [-0.1, -0.05) is 12.5 Å². The van der Waals surface area contributed by atoms with Gasteiger partial charge in [-0.3, -0.25) is 0 Å². The van der Waals surface area contributed by atoms with Crippen molar-refractivity contribution in [3.63, 3.8) is 0 Å². The zero-order chi connectivity index (χ0) is 15.5. The molecule has 0 radical (unpaired) electrons. The fraction of sp³-hybridized carbons (Fsp3) is 0.600. The molecule has 1 fully saturated rings. The van der Waals surface area contributed by atoms with Crippen molar-refractivity contribution in [1.29, 1.82) is 0 Å². The summed E-state index contributed by atoms with van der Waals surface area (Å²) < 4.78 is 32.8. The van der Waals surface area contributed by atoms with Gasteiger partial charge in [-0.2, -0.15) is 4.31 Å². The van der Waals surface area contributed by atoms with Crippen LogP contribution in [0.5, 0.6) is 5.75 Å². The smallest absolute Gasteiger partial charge is 0.247 e. The quantitative estimate of drug-likeness (QED) is 0.903. The van der Waals surface area contributed by atoms with Crippen LogP contribution in [0.25, 0.3) is 0 Å². The molecule has 0 saturated carbocycles. The second kappa shape index (κ2) is 6.77. The Balaban J connectivity index is 2.44. The predicted molar refractivity (Wildman–Crippen MR) is 83.0 cm³/mol. The number of hydrogen-bond acceptors (Lipinski definition) is 4. The van der Waals surface area contributed by atoms with E-state index in [-0.39, 0.29) is 10.9 Å². The van der Waals surface area contributed by atoms with Crippen molar-refractivity contribution < 1.29 is 13.2 Å². The summed E-state index contributed by atoms with van der Waals surface area (Å²) in [5.74, 6) is 0.410. The first-order chi connectivity index (χ1) is 10.0. The second-order valence-electron chi connectivity index (χ2n) is 5.48. The van der Waals surface area contributed by atoms with Crippen LogP contribution in [0.4, 0.5) is 0 Å². The fourth-order valence-electron chi connectivity index (χ4n) is 2.79. The van der Waals surface area contributed by atoms with Gasteiger partial charge >= 0.3 is 0 Å². The molecule has 0 amide bonds. The Kier molecular flexibility index (Phi) is 5.24. The van der Waals surface area contributed by atoms with Crippen molar-refractivity contribution >= 4 is 10.0 Å². The highest BCUT2D eigenvalue weighted by molar-refractivity contribution is 7.89. The second-order valence-corrected chi connectivity index (χ2v) is 7.34. The Bertz CT molecular complexity index is 587. The van der Waals surface area contributed by atoms with Crippen LogP contribution >= 0.6 is 0 Å². The summed E-state index contributed by atoms with van der Waals surface area (Å²) in [6.07, 6.45) is 2.92. The standard InChI is InChI=1S/C15H24N2O3S/c1-12-6-4-5-9-17(12)21(18,19)15-10-13(11-16-2)7-8-14(15)20-3/h7-8,10,12,16H,4-6,9,11H2,1-3H3. The third-order valence-electron chi connectivity index (χ3n) is 3.94. The summed E-state index contributed by atoms with van der Waals surface area (Å²) in [6.45, 7) is 3.19. The van der Waals surface area contributed by atoms with Crippen LogP contribution in [0.3, 0.4) is 0 Å². The summed E-state index contributed by atoms with van der Waals surface area (Å²) in [6, 6.07) is 5.37. The van der Waals surface area contributed by atoms with E-state index in [1.54, 1.807) is 16.4 Å². The maximum absolute atomic E-state index is 13.0. The minimum Gasteiger partial charge on any atom is -0.495 e. The molecule has 21 heavy (non-hydrogen) atoms. The van der Waals surface area contributed by atoms with Crippen LogP contribution in [-0.4, -0.2) is 39.5 Å². The molecule has 2 rings (SSSR count). The fourth-order valence-corrected chi connectivity index (χ4v) is 4.70. The van der Waals surface area contributed by atoms with Gasteiger partial charge in [0.15, 0.2) is 0 Å². The molecule has 1 unspecified atom stereocenters. The number of nitrogens with one attached hydrogen (secondary N) is 1. The minimum absolute atomic E-state index is 0.0430. The molecule has 1 aromatic rings. The van der Waals surface area contributed by atoms with Gasteiger partial charge in [0.2, 0.25) is 10.0 Å². The average Bonchev–Trinajstić information content (AvgIpc) is 2.48. The third kappa shape index (κ3) is 3.39. The van der Waals surface area contributed by atoms with E-state index in [1.807, 2.05) is 20.0 Å². The lowest BCUT2D eigenvalue weighted by atomic mass is 10.1. The molecule has 1 aliphatic heterocycles. The Morgan fingerprint density at radius 2 is 2.14 bits per heavy atom. The molecule has 0 aliphatic carbocycles. The van der Waals surface area contributed by atoms with Gasteiger partial charge in [0.1, 0.15) is 10.6 Å². The van der Waals surface area contributed by atoms with Crippen molar-refractivity contribution in [3.8, 4) is 5.75 Å².